The molecule has 2 N–H and O–H groups in total. The van der Waals surface area contributed by atoms with Crippen LogP contribution in [-0.2, 0) is 7.05 Å². The van der Waals surface area contributed by atoms with Crippen LogP contribution in [0.1, 0.15) is 0 Å². The Morgan fingerprint density at radius 1 is 1.00 bits per heavy atom. The summed E-state index contributed by atoms with van der Waals surface area (Å²) in [5, 5.41) is 2.29. The number of pyridine rings is 1. The van der Waals surface area contributed by atoms with E-state index in [9.17, 15) is 0 Å². The Labute approximate surface area is 121 Å². The van der Waals surface area contributed by atoms with Gasteiger partial charge in [0.25, 0.3) is 0 Å². The predicted octanol–water partition coefficient (Wildman–Crippen LogP) is 3.37. The van der Waals surface area contributed by atoms with Crippen molar-refractivity contribution in [2.45, 2.75) is 0 Å². The Hall–Kier alpha value is -2.88. The van der Waals surface area contributed by atoms with Gasteiger partial charge in [-0.1, -0.05) is 24.3 Å². The molecule has 0 bridgehead atoms. The molecule has 4 rings (SSSR count). The number of benzene rings is 2. The highest BCUT2D eigenvalue weighted by Gasteiger charge is 2.13. The number of nitrogens with zero attached hydrogens (tertiary/aromatic N) is 3. The van der Waals surface area contributed by atoms with Crippen molar-refractivity contribution in [3.63, 3.8) is 0 Å². The molecule has 0 atom stereocenters. The molecule has 0 radical (unpaired) electrons. The minimum atomic E-state index is 0.729. The van der Waals surface area contributed by atoms with Crippen molar-refractivity contribution in [3.05, 3.63) is 54.7 Å². The number of hydrogen-bond acceptors (Lipinski definition) is 3. The summed E-state index contributed by atoms with van der Waals surface area (Å²) in [7, 11) is 1.99. The Morgan fingerprint density at radius 2 is 1.76 bits per heavy atom. The first-order valence-electron chi connectivity index (χ1n) is 6.80. The summed E-state index contributed by atoms with van der Waals surface area (Å²) in [5.41, 5.74) is 9.64. The number of imidazole rings is 1. The zero-order valence-corrected chi connectivity index (χ0v) is 11.6. The van der Waals surface area contributed by atoms with Crippen LogP contribution in [0.2, 0.25) is 0 Å². The second kappa shape index (κ2) is 4.31. The average molecular weight is 274 g/mol. The quantitative estimate of drug-likeness (QED) is 0.541. The molecule has 0 aliphatic heterocycles. The van der Waals surface area contributed by atoms with Crippen LogP contribution < -0.4 is 5.73 Å². The third kappa shape index (κ3) is 1.76. The molecule has 2 heterocycles. The molecule has 0 fully saturated rings. The molecule has 2 aromatic heterocycles. The molecule has 0 saturated heterocycles. The average Bonchev–Trinajstić information content (AvgIpc) is 2.84. The van der Waals surface area contributed by atoms with Crippen molar-refractivity contribution < 1.29 is 0 Å². The number of nitrogen functional groups attached to an aromatic ring is 1. The van der Waals surface area contributed by atoms with Crippen LogP contribution in [0.3, 0.4) is 0 Å². The van der Waals surface area contributed by atoms with Gasteiger partial charge in [-0.25, -0.2) is 9.97 Å². The number of nitrogens with two attached hydrogens (primary N) is 1. The molecule has 0 saturated carbocycles. The highest BCUT2D eigenvalue weighted by atomic mass is 15.1. The number of aromatic nitrogens is 3. The van der Waals surface area contributed by atoms with Crippen LogP contribution in [0.4, 0.5) is 5.69 Å². The van der Waals surface area contributed by atoms with E-state index in [2.05, 4.69) is 28.2 Å². The van der Waals surface area contributed by atoms with E-state index >= 15 is 0 Å². The minimum absolute atomic E-state index is 0.729. The Balaban J connectivity index is 2.03. The van der Waals surface area contributed by atoms with E-state index in [1.165, 1.54) is 0 Å². The second-order valence-electron chi connectivity index (χ2n) is 5.13. The number of aryl methyl sites for hydroxylation is 1. The lowest BCUT2D eigenvalue weighted by Gasteiger charge is -2.08. The lowest BCUT2D eigenvalue weighted by molar-refractivity contribution is 0.960. The maximum atomic E-state index is 6.24. The number of rotatable bonds is 1. The standard InChI is InChI=1S/C17H14N4/c1-21-15-7-4-8-19-16(15)20-17(21)13-9-11-5-2-3-6-12(11)10-14(13)18/h2-10H,18H2,1H3. The van der Waals surface area contributed by atoms with E-state index in [1.54, 1.807) is 6.20 Å². The maximum absolute atomic E-state index is 6.24. The molecular formula is C17H14N4. The topological polar surface area (TPSA) is 56.7 Å². The van der Waals surface area contributed by atoms with E-state index in [4.69, 9.17) is 5.73 Å². The smallest absolute Gasteiger partial charge is 0.178 e. The van der Waals surface area contributed by atoms with Crippen LogP contribution in [-0.4, -0.2) is 14.5 Å². The lowest BCUT2D eigenvalue weighted by atomic mass is 10.0. The summed E-state index contributed by atoms with van der Waals surface area (Å²) >= 11 is 0. The highest BCUT2D eigenvalue weighted by Crippen LogP contribution is 2.31. The number of fused-ring (bicyclic) bond motifs is 2. The zero-order valence-electron chi connectivity index (χ0n) is 11.6. The largest absolute Gasteiger partial charge is 0.398 e. The third-order valence-electron chi connectivity index (χ3n) is 3.82. The molecule has 102 valence electrons. The van der Waals surface area contributed by atoms with Gasteiger partial charge in [-0.15, -0.1) is 0 Å². The van der Waals surface area contributed by atoms with Gasteiger partial charge in [0.1, 0.15) is 5.82 Å². The minimum Gasteiger partial charge on any atom is -0.398 e. The molecule has 0 aliphatic rings. The molecule has 4 heteroatoms. The summed E-state index contributed by atoms with van der Waals surface area (Å²) in [6, 6.07) is 16.2. The molecule has 0 spiro atoms. The van der Waals surface area contributed by atoms with Gasteiger partial charge in [0.05, 0.1) is 5.52 Å². The van der Waals surface area contributed by atoms with E-state index in [0.29, 0.717) is 0 Å². The fraction of sp³-hybridized carbons (Fsp3) is 0.0588. The van der Waals surface area contributed by atoms with Crippen molar-refractivity contribution in [2.75, 3.05) is 5.73 Å². The fourth-order valence-corrected chi connectivity index (χ4v) is 2.72. The summed E-state index contributed by atoms with van der Waals surface area (Å²) in [6.45, 7) is 0. The molecule has 0 amide bonds. The third-order valence-corrected chi connectivity index (χ3v) is 3.82. The first kappa shape index (κ1) is 11.9. The Bertz CT molecular complexity index is 969. The van der Waals surface area contributed by atoms with E-state index in [1.807, 2.05) is 41.9 Å². The number of anilines is 1. The molecule has 21 heavy (non-hydrogen) atoms. The van der Waals surface area contributed by atoms with Crippen LogP contribution >= 0.6 is 0 Å². The van der Waals surface area contributed by atoms with E-state index in [-0.39, 0.29) is 0 Å². The summed E-state index contributed by atoms with van der Waals surface area (Å²) in [4.78, 5) is 8.93. The summed E-state index contributed by atoms with van der Waals surface area (Å²) < 4.78 is 2.03. The number of hydrogen-bond donors (Lipinski definition) is 1. The van der Waals surface area contributed by atoms with Gasteiger partial charge in [0.2, 0.25) is 0 Å². The monoisotopic (exact) mass is 274 g/mol. The van der Waals surface area contributed by atoms with Gasteiger partial charge in [0, 0.05) is 24.5 Å². The molecule has 4 nitrogen and oxygen atoms in total. The van der Waals surface area contributed by atoms with Gasteiger partial charge in [-0.3, -0.25) is 0 Å². The predicted molar refractivity (Wildman–Crippen MR) is 85.9 cm³/mol. The highest BCUT2D eigenvalue weighted by molar-refractivity contribution is 5.93. The van der Waals surface area contributed by atoms with Gasteiger partial charge in [0.15, 0.2) is 5.65 Å². The molecular weight excluding hydrogens is 260 g/mol. The van der Waals surface area contributed by atoms with Gasteiger partial charge < -0.3 is 10.3 Å². The van der Waals surface area contributed by atoms with Gasteiger partial charge in [-0.2, -0.15) is 0 Å². The first-order valence-corrected chi connectivity index (χ1v) is 6.80. The zero-order chi connectivity index (χ0) is 14.4. The van der Waals surface area contributed by atoms with Crippen molar-refractivity contribution in [2.24, 2.45) is 7.05 Å². The summed E-state index contributed by atoms with van der Waals surface area (Å²) in [6.07, 6.45) is 1.75. The normalized spacial score (nSPS) is 11.3. The van der Waals surface area contributed by atoms with Crippen LogP contribution in [0.15, 0.2) is 54.7 Å². The van der Waals surface area contributed by atoms with E-state index in [0.717, 1.165) is 39.0 Å². The lowest BCUT2D eigenvalue weighted by Crippen LogP contribution is -1.97. The van der Waals surface area contributed by atoms with Crippen molar-refractivity contribution in [1.29, 1.82) is 0 Å². The maximum Gasteiger partial charge on any atom is 0.178 e. The van der Waals surface area contributed by atoms with E-state index < -0.39 is 0 Å². The first-order chi connectivity index (χ1) is 10.2. The van der Waals surface area contributed by atoms with Gasteiger partial charge in [-0.05, 0) is 35.0 Å². The molecule has 2 aromatic carbocycles. The van der Waals surface area contributed by atoms with Crippen molar-refractivity contribution >= 4 is 27.6 Å². The van der Waals surface area contributed by atoms with Crippen molar-refractivity contribution in [1.82, 2.24) is 14.5 Å². The Morgan fingerprint density at radius 3 is 2.52 bits per heavy atom. The Kier molecular flexibility index (Phi) is 2.44. The fourth-order valence-electron chi connectivity index (χ4n) is 2.72. The van der Waals surface area contributed by atoms with Crippen LogP contribution in [0.5, 0.6) is 0 Å². The van der Waals surface area contributed by atoms with Crippen molar-refractivity contribution in [3.8, 4) is 11.4 Å². The molecule has 0 unspecified atom stereocenters. The summed E-state index contributed by atoms with van der Waals surface area (Å²) in [5.74, 6) is 0.840. The second-order valence-corrected chi connectivity index (χ2v) is 5.13. The van der Waals surface area contributed by atoms with Crippen LogP contribution in [0, 0.1) is 0 Å². The molecule has 4 aromatic rings. The van der Waals surface area contributed by atoms with Gasteiger partial charge >= 0.3 is 0 Å². The molecule has 0 aliphatic carbocycles. The van der Waals surface area contributed by atoms with Crippen LogP contribution in [0.25, 0.3) is 33.3 Å². The SMILES string of the molecule is Cn1c(-c2cc3ccccc3cc2N)nc2ncccc21.